The third-order valence-corrected chi connectivity index (χ3v) is 3.45. The Hall–Kier alpha value is -1.07. The number of nitrogens with one attached hydrogen (secondary N) is 1. The summed E-state index contributed by atoms with van der Waals surface area (Å²) < 4.78 is 5.13. The van der Waals surface area contributed by atoms with Crippen LogP contribution in [0.4, 0.5) is 4.79 Å². The summed E-state index contributed by atoms with van der Waals surface area (Å²) in [7, 11) is 0. The van der Waals surface area contributed by atoms with Gasteiger partial charge in [-0.15, -0.1) is 11.3 Å². The molecule has 0 bridgehead atoms. The van der Waals surface area contributed by atoms with Crippen molar-refractivity contribution in [1.82, 2.24) is 5.32 Å². The van der Waals surface area contributed by atoms with Crippen molar-refractivity contribution in [2.75, 3.05) is 6.54 Å². The van der Waals surface area contributed by atoms with Crippen LogP contribution in [0.25, 0.3) is 0 Å². The highest BCUT2D eigenvalue weighted by molar-refractivity contribution is 7.12. The van der Waals surface area contributed by atoms with Gasteiger partial charge in [-0.2, -0.15) is 0 Å². The largest absolute Gasteiger partial charge is 0.444 e. The van der Waals surface area contributed by atoms with Gasteiger partial charge in [0.05, 0.1) is 6.10 Å². The molecule has 0 fully saturated rings. The molecule has 0 aliphatic heterocycles. The van der Waals surface area contributed by atoms with Crippen LogP contribution in [0.1, 0.15) is 43.6 Å². The van der Waals surface area contributed by atoms with Crippen LogP contribution in [-0.4, -0.2) is 23.3 Å². The number of carbonyl (C=O) groups is 1. The number of amides is 1. The monoisotopic (exact) mass is 271 g/mol. The van der Waals surface area contributed by atoms with Gasteiger partial charge in [-0.1, -0.05) is 0 Å². The topological polar surface area (TPSA) is 58.6 Å². The van der Waals surface area contributed by atoms with E-state index in [1.54, 1.807) is 18.3 Å². The van der Waals surface area contributed by atoms with E-state index in [0.29, 0.717) is 6.54 Å². The third kappa shape index (κ3) is 5.51. The molecule has 0 aliphatic carbocycles. The first-order valence-electron chi connectivity index (χ1n) is 6.01. The molecule has 0 saturated carbocycles. The van der Waals surface area contributed by atoms with Gasteiger partial charge in [0.2, 0.25) is 0 Å². The number of alkyl carbamates (subject to hydrolysis) is 1. The second-order valence-corrected chi connectivity index (χ2v) is 6.36. The Morgan fingerprint density at radius 1 is 1.50 bits per heavy atom. The summed E-state index contributed by atoms with van der Waals surface area (Å²) in [6, 6.07) is 3.89. The predicted octanol–water partition coefficient (Wildman–Crippen LogP) is 2.87. The van der Waals surface area contributed by atoms with Crippen LogP contribution in [0.5, 0.6) is 0 Å². The van der Waals surface area contributed by atoms with E-state index < -0.39 is 17.8 Å². The van der Waals surface area contributed by atoms with E-state index in [1.807, 2.05) is 32.9 Å². The number of hydrogen-bond donors (Lipinski definition) is 2. The molecule has 1 aromatic heterocycles. The number of rotatable bonds is 4. The van der Waals surface area contributed by atoms with Crippen molar-refractivity contribution in [3.8, 4) is 0 Å². The van der Waals surface area contributed by atoms with Crippen LogP contribution in [-0.2, 0) is 11.2 Å². The molecule has 18 heavy (non-hydrogen) atoms. The van der Waals surface area contributed by atoms with Gasteiger partial charge in [0, 0.05) is 16.3 Å². The lowest BCUT2D eigenvalue weighted by atomic mass is 10.2. The van der Waals surface area contributed by atoms with Crippen LogP contribution in [0.3, 0.4) is 0 Å². The maximum atomic E-state index is 11.4. The molecule has 1 rings (SSSR count). The molecule has 1 atom stereocenters. The molecule has 2 N–H and O–H groups in total. The molecule has 102 valence electrons. The zero-order valence-corrected chi connectivity index (χ0v) is 12.1. The fourth-order valence-electron chi connectivity index (χ4n) is 1.36. The van der Waals surface area contributed by atoms with Crippen molar-refractivity contribution < 1.29 is 14.6 Å². The summed E-state index contributed by atoms with van der Waals surface area (Å²) in [4.78, 5) is 13.5. The summed E-state index contributed by atoms with van der Waals surface area (Å²) >= 11 is 1.56. The second kappa shape index (κ2) is 6.20. The summed E-state index contributed by atoms with van der Waals surface area (Å²) in [6.45, 7) is 7.78. The Balaban J connectivity index is 2.31. The van der Waals surface area contributed by atoms with Crippen molar-refractivity contribution in [3.63, 3.8) is 0 Å². The minimum atomic E-state index is -0.466. The number of thiophene rings is 1. The third-order valence-electron chi connectivity index (χ3n) is 2.13. The molecule has 0 aromatic carbocycles. The van der Waals surface area contributed by atoms with Crippen molar-refractivity contribution in [3.05, 3.63) is 21.9 Å². The molecule has 1 unspecified atom stereocenters. The molecular formula is C13H21NO3S. The van der Waals surface area contributed by atoms with E-state index in [-0.39, 0.29) is 0 Å². The molecule has 0 spiro atoms. The maximum absolute atomic E-state index is 11.4. The Bertz CT molecular complexity index is 393. The zero-order chi connectivity index (χ0) is 13.8. The summed E-state index contributed by atoms with van der Waals surface area (Å²) in [5, 5.41) is 12.1. The van der Waals surface area contributed by atoms with E-state index in [9.17, 15) is 9.90 Å². The highest BCUT2D eigenvalue weighted by atomic mass is 32.1. The lowest BCUT2D eigenvalue weighted by Crippen LogP contribution is -2.33. The number of aliphatic hydroxyl groups is 1. The Morgan fingerprint density at radius 2 is 2.17 bits per heavy atom. The van der Waals surface area contributed by atoms with Gasteiger partial charge in [-0.3, -0.25) is 0 Å². The number of aliphatic hydroxyl groups excluding tert-OH is 1. The van der Waals surface area contributed by atoms with Crippen LogP contribution in [0.2, 0.25) is 0 Å². The Labute approximate surface area is 112 Å². The van der Waals surface area contributed by atoms with Crippen molar-refractivity contribution >= 4 is 17.4 Å². The van der Waals surface area contributed by atoms with Crippen molar-refractivity contribution in [1.29, 1.82) is 0 Å². The van der Waals surface area contributed by atoms with Gasteiger partial charge in [0.15, 0.2) is 0 Å². The van der Waals surface area contributed by atoms with Gasteiger partial charge >= 0.3 is 6.09 Å². The van der Waals surface area contributed by atoms with Crippen molar-refractivity contribution in [2.24, 2.45) is 0 Å². The van der Waals surface area contributed by atoms with Crippen LogP contribution in [0, 0.1) is 0 Å². The van der Waals surface area contributed by atoms with Crippen LogP contribution >= 0.6 is 11.3 Å². The minimum Gasteiger partial charge on any atom is -0.444 e. The average molecular weight is 271 g/mol. The molecule has 4 nitrogen and oxygen atoms in total. The quantitative estimate of drug-likeness (QED) is 0.885. The van der Waals surface area contributed by atoms with E-state index in [0.717, 1.165) is 16.2 Å². The lowest BCUT2D eigenvalue weighted by molar-refractivity contribution is 0.0528. The molecule has 0 saturated heterocycles. The summed E-state index contributed by atoms with van der Waals surface area (Å²) in [5.41, 5.74) is -0.466. The van der Waals surface area contributed by atoms with E-state index >= 15 is 0 Å². The molecule has 1 amide bonds. The van der Waals surface area contributed by atoms with Gasteiger partial charge in [-0.25, -0.2) is 4.79 Å². The number of carbonyl (C=O) groups excluding carboxylic acids is 1. The fourth-order valence-corrected chi connectivity index (χ4v) is 2.30. The lowest BCUT2D eigenvalue weighted by Gasteiger charge is -2.19. The normalized spacial score (nSPS) is 13.2. The van der Waals surface area contributed by atoms with Gasteiger partial charge < -0.3 is 15.2 Å². The van der Waals surface area contributed by atoms with Crippen molar-refractivity contribution in [2.45, 2.75) is 45.8 Å². The van der Waals surface area contributed by atoms with Crippen LogP contribution < -0.4 is 5.32 Å². The predicted molar refractivity (Wildman–Crippen MR) is 72.9 cm³/mol. The molecule has 1 heterocycles. The SMILES string of the molecule is CC(O)c1ccc(CCNC(=O)OC(C)(C)C)s1. The molecule has 0 aliphatic rings. The first-order valence-corrected chi connectivity index (χ1v) is 6.83. The Morgan fingerprint density at radius 3 is 2.67 bits per heavy atom. The highest BCUT2D eigenvalue weighted by Crippen LogP contribution is 2.22. The van der Waals surface area contributed by atoms with E-state index in [2.05, 4.69) is 5.32 Å². The number of ether oxygens (including phenoxy) is 1. The first kappa shape index (κ1) is 15.0. The van der Waals surface area contributed by atoms with E-state index in [1.165, 1.54) is 0 Å². The summed E-state index contributed by atoms with van der Waals surface area (Å²) in [6.07, 6.45) is -0.0752. The maximum Gasteiger partial charge on any atom is 0.407 e. The first-order chi connectivity index (χ1) is 8.28. The Kier molecular flexibility index (Phi) is 5.16. The van der Waals surface area contributed by atoms with Gasteiger partial charge in [-0.05, 0) is 46.2 Å². The number of hydrogen-bond acceptors (Lipinski definition) is 4. The fraction of sp³-hybridized carbons (Fsp3) is 0.615. The molecule has 0 radical (unpaired) electrons. The average Bonchev–Trinajstić information content (AvgIpc) is 2.63. The standard InChI is InChI=1S/C13H21NO3S/c1-9(15)11-6-5-10(18-11)7-8-14-12(16)17-13(2,3)4/h5-6,9,15H,7-8H2,1-4H3,(H,14,16). The summed E-state index contributed by atoms with van der Waals surface area (Å²) in [5.74, 6) is 0. The zero-order valence-electron chi connectivity index (χ0n) is 11.3. The van der Waals surface area contributed by atoms with Crippen LogP contribution in [0.15, 0.2) is 12.1 Å². The second-order valence-electron chi connectivity index (χ2n) is 5.16. The van der Waals surface area contributed by atoms with Gasteiger partial charge in [0.25, 0.3) is 0 Å². The van der Waals surface area contributed by atoms with Gasteiger partial charge in [0.1, 0.15) is 5.60 Å². The molecule has 1 aromatic rings. The highest BCUT2D eigenvalue weighted by Gasteiger charge is 2.15. The molecular weight excluding hydrogens is 250 g/mol. The minimum absolute atomic E-state index is 0.394. The van der Waals surface area contributed by atoms with E-state index in [4.69, 9.17) is 4.74 Å². The smallest absolute Gasteiger partial charge is 0.407 e. The molecule has 5 heteroatoms.